The number of anilines is 1. The zero-order chi connectivity index (χ0) is 14.8. The molecule has 0 spiro atoms. The van der Waals surface area contributed by atoms with Crippen molar-refractivity contribution in [3.63, 3.8) is 0 Å². The number of alkyl halides is 1. The Labute approximate surface area is 129 Å². The summed E-state index contributed by atoms with van der Waals surface area (Å²) in [5.74, 6) is 0.854. The number of pyridine rings is 1. The molecule has 0 aliphatic carbocycles. The first-order valence-electron chi connectivity index (χ1n) is 6.68. The van der Waals surface area contributed by atoms with Gasteiger partial charge in [-0.05, 0) is 31.4 Å². The molecule has 5 nitrogen and oxygen atoms in total. The van der Waals surface area contributed by atoms with Crippen LogP contribution in [-0.4, -0.2) is 49.7 Å². The smallest absolute Gasteiger partial charge is 0.244 e. The van der Waals surface area contributed by atoms with Gasteiger partial charge < -0.3 is 4.90 Å². The van der Waals surface area contributed by atoms with E-state index < -0.39 is 10.0 Å². The van der Waals surface area contributed by atoms with Gasteiger partial charge in [-0.2, -0.15) is 0 Å². The highest BCUT2D eigenvalue weighted by molar-refractivity contribution is 9.09. The molecule has 112 valence electrons. The lowest BCUT2D eigenvalue weighted by molar-refractivity contribution is 0.487. The lowest BCUT2D eigenvalue weighted by Gasteiger charge is -2.35. The van der Waals surface area contributed by atoms with Gasteiger partial charge in [0.25, 0.3) is 0 Å². The van der Waals surface area contributed by atoms with E-state index in [2.05, 4.69) is 25.8 Å². The molecule has 0 saturated carbocycles. The molecule has 0 aromatic carbocycles. The van der Waals surface area contributed by atoms with Gasteiger partial charge in [0.1, 0.15) is 10.7 Å². The number of piperidine rings is 1. The second-order valence-corrected chi connectivity index (χ2v) is 7.94. The third-order valence-electron chi connectivity index (χ3n) is 3.60. The van der Waals surface area contributed by atoms with E-state index in [1.807, 2.05) is 0 Å². The molecule has 1 aromatic heterocycles. The van der Waals surface area contributed by atoms with Crippen LogP contribution in [0.3, 0.4) is 0 Å². The second kappa shape index (κ2) is 6.41. The van der Waals surface area contributed by atoms with Gasteiger partial charge >= 0.3 is 0 Å². The normalized spacial score (nSPS) is 20.4. The Hall–Kier alpha value is -0.660. The summed E-state index contributed by atoms with van der Waals surface area (Å²) in [5, 5.41) is 0.909. The number of hydrogen-bond donors (Lipinski definition) is 0. The molecule has 0 N–H and O–H groups in total. The van der Waals surface area contributed by atoms with Crippen LogP contribution < -0.4 is 4.90 Å². The lowest BCUT2D eigenvalue weighted by Crippen LogP contribution is -2.41. The molecular formula is C13H20BrN3O2S. The SMILES string of the molecule is CN(C)S(=O)(=O)c1ccc(N2CCCCC2CBr)nc1. The molecule has 20 heavy (non-hydrogen) atoms. The number of nitrogens with zero attached hydrogens (tertiary/aromatic N) is 3. The highest BCUT2D eigenvalue weighted by atomic mass is 79.9. The Bertz CT molecular complexity index is 545. The number of sulfonamides is 1. The van der Waals surface area contributed by atoms with Gasteiger partial charge in [-0.1, -0.05) is 15.9 Å². The minimum atomic E-state index is -3.40. The zero-order valence-corrected chi connectivity index (χ0v) is 14.2. The zero-order valence-electron chi connectivity index (χ0n) is 11.8. The topological polar surface area (TPSA) is 53.5 Å². The standard InChI is InChI=1S/C13H20BrN3O2S/c1-16(2)20(18,19)12-6-7-13(15-10-12)17-8-4-3-5-11(17)9-14/h6-7,10-11H,3-5,8-9H2,1-2H3. The van der Waals surface area contributed by atoms with Crippen LogP contribution >= 0.6 is 15.9 Å². The summed E-state index contributed by atoms with van der Waals surface area (Å²) in [5.41, 5.74) is 0. The van der Waals surface area contributed by atoms with Gasteiger partial charge in [0, 0.05) is 38.2 Å². The highest BCUT2D eigenvalue weighted by Crippen LogP contribution is 2.25. The fraction of sp³-hybridized carbons (Fsp3) is 0.615. The van der Waals surface area contributed by atoms with Crippen LogP contribution in [-0.2, 0) is 10.0 Å². The highest BCUT2D eigenvalue weighted by Gasteiger charge is 2.23. The van der Waals surface area contributed by atoms with Crippen molar-refractivity contribution in [1.82, 2.24) is 9.29 Å². The lowest BCUT2D eigenvalue weighted by atomic mass is 10.0. The van der Waals surface area contributed by atoms with Crippen LogP contribution in [0.5, 0.6) is 0 Å². The fourth-order valence-corrected chi connectivity index (χ4v) is 3.89. The van der Waals surface area contributed by atoms with Gasteiger partial charge in [-0.15, -0.1) is 0 Å². The molecule has 0 radical (unpaired) electrons. The predicted octanol–water partition coefficient (Wildman–Crippen LogP) is 2.09. The quantitative estimate of drug-likeness (QED) is 0.770. The van der Waals surface area contributed by atoms with Gasteiger partial charge in [0.05, 0.1) is 0 Å². The summed E-state index contributed by atoms with van der Waals surface area (Å²) >= 11 is 3.54. The maximum Gasteiger partial charge on any atom is 0.244 e. The summed E-state index contributed by atoms with van der Waals surface area (Å²) in [7, 11) is -0.355. The summed E-state index contributed by atoms with van der Waals surface area (Å²) in [4.78, 5) is 6.84. The molecule has 0 bridgehead atoms. The van der Waals surface area contributed by atoms with Crippen LogP contribution in [0, 0.1) is 0 Å². The molecule has 7 heteroatoms. The molecule has 1 fully saturated rings. The second-order valence-electron chi connectivity index (χ2n) is 5.14. The van der Waals surface area contributed by atoms with Crippen molar-refractivity contribution in [2.24, 2.45) is 0 Å². The van der Waals surface area contributed by atoms with Crippen molar-refractivity contribution in [2.45, 2.75) is 30.2 Å². The van der Waals surface area contributed by atoms with Crippen molar-refractivity contribution in [2.75, 3.05) is 30.9 Å². The van der Waals surface area contributed by atoms with Crippen LogP contribution in [0.25, 0.3) is 0 Å². The molecule has 1 atom stereocenters. The third-order valence-corrected chi connectivity index (χ3v) is 6.14. The van der Waals surface area contributed by atoms with Crippen molar-refractivity contribution in [3.05, 3.63) is 18.3 Å². The molecule has 1 aliphatic rings. The van der Waals surface area contributed by atoms with Crippen LogP contribution in [0.15, 0.2) is 23.2 Å². The van der Waals surface area contributed by atoms with Crippen molar-refractivity contribution >= 4 is 31.8 Å². The Morgan fingerprint density at radius 2 is 2.15 bits per heavy atom. The number of halogens is 1. The van der Waals surface area contributed by atoms with Crippen molar-refractivity contribution < 1.29 is 8.42 Å². The maximum atomic E-state index is 12.0. The van der Waals surface area contributed by atoms with E-state index in [-0.39, 0.29) is 4.90 Å². The average molecular weight is 362 g/mol. The largest absolute Gasteiger partial charge is 0.353 e. The van der Waals surface area contributed by atoms with E-state index in [9.17, 15) is 8.42 Å². The van der Waals surface area contributed by atoms with E-state index in [0.29, 0.717) is 6.04 Å². The van der Waals surface area contributed by atoms with Gasteiger partial charge in [0.15, 0.2) is 0 Å². The number of hydrogen-bond acceptors (Lipinski definition) is 4. The maximum absolute atomic E-state index is 12.0. The first-order chi connectivity index (χ1) is 9.46. The van der Waals surface area contributed by atoms with E-state index in [1.54, 1.807) is 12.1 Å². The van der Waals surface area contributed by atoms with Gasteiger partial charge in [-0.25, -0.2) is 17.7 Å². The molecule has 2 rings (SSSR count). The van der Waals surface area contributed by atoms with E-state index in [0.717, 1.165) is 30.5 Å². The van der Waals surface area contributed by atoms with Crippen molar-refractivity contribution in [1.29, 1.82) is 0 Å². The molecule has 1 aliphatic heterocycles. The van der Waals surface area contributed by atoms with Crippen molar-refractivity contribution in [3.8, 4) is 0 Å². The molecule has 1 saturated heterocycles. The average Bonchev–Trinajstić information content (AvgIpc) is 2.47. The van der Waals surface area contributed by atoms with E-state index >= 15 is 0 Å². The first kappa shape index (κ1) is 15.7. The molecule has 0 amide bonds. The molecule has 1 aromatic rings. The monoisotopic (exact) mass is 361 g/mol. The molecule has 1 unspecified atom stereocenters. The van der Waals surface area contributed by atoms with Crippen LogP contribution in [0.2, 0.25) is 0 Å². The Balaban J connectivity index is 2.24. The Morgan fingerprint density at radius 3 is 2.70 bits per heavy atom. The summed E-state index contributed by atoms with van der Waals surface area (Å²) < 4.78 is 25.2. The molecular weight excluding hydrogens is 342 g/mol. The predicted molar refractivity (Wildman–Crippen MR) is 83.9 cm³/mol. The number of aromatic nitrogens is 1. The van der Waals surface area contributed by atoms with E-state index in [4.69, 9.17) is 0 Å². The van der Waals surface area contributed by atoms with Crippen LogP contribution in [0.4, 0.5) is 5.82 Å². The van der Waals surface area contributed by atoms with E-state index in [1.165, 1.54) is 31.0 Å². The third kappa shape index (κ3) is 3.15. The van der Waals surface area contributed by atoms with Crippen LogP contribution in [0.1, 0.15) is 19.3 Å². The summed E-state index contributed by atoms with van der Waals surface area (Å²) in [6.45, 7) is 0.975. The Kier molecular flexibility index (Phi) is 5.04. The minimum Gasteiger partial charge on any atom is -0.353 e. The fourth-order valence-electron chi connectivity index (χ4n) is 2.37. The van der Waals surface area contributed by atoms with Gasteiger partial charge in [-0.3, -0.25) is 0 Å². The Morgan fingerprint density at radius 1 is 1.40 bits per heavy atom. The summed E-state index contributed by atoms with van der Waals surface area (Å²) in [6, 6.07) is 3.88. The summed E-state index contributed by atoms with van der Waals surface area (Å²) in [6.07, 6.45) is 4.98. The molecule has 2 heterocycles. The number of rotatable bonds is 4. The minimum absolute atomic E-state index is 0.235. The van der Waals surface area contributed by atoms with Gasteiger partial charge in [0.2, 0.25) is 10.0 Å². The first-order valence-corrected chi connectivity index (χ1v) is 9.24.